The van der Waals surface area contributed by atoms with Gasteiger partial charge >= 0.3 is 6.03 Å². The van der Waals surface area contributed by atoms with E-state index in [4.69, 9.17) is 23.2 Å². The Labute approximate surface area is 231 Å². The Morgan fingerprint density at radius 1 is 1.00 bits per heavy atom. The van der Waals surface area contributed by atoms with Gasteiger partial charge in [-0.3, -0.25) is 9.59 Å². The molecule has 0 aliphatic carbocycles. The Balaban J connectivity index is 1.41. The predicted octanol–water partition coefficient (Wildman–Crippen LogP) is 6.33. The zero-order valence-electron chi connectivity index (χ0n) is 20.9. The molecular formula is C29H28Cl2N4O3. The number of hydrogen-bond acceptors (Lipinski definition) is 3. The van der Waals surface area contributed by atoms with Crippen LogP contribution in [0.5, 0.6) is 0 Å². The fourth-order valence-electron chi connectivity index (χ4n) is 5.67. The molecule has 1 saturated heterocycles. The number of anilines is 3. The smallest absolute Gasteiger partial charge is 0.321 e. The van der Waals surface area contributed by atoms with E-state index in [9.17, 15) is 14.4 Å². The lowest BCUT2D eigenvalue weighted by Crippen LogP contribution is -2.52. The van der Waals surface area contributed by atoms with Crippen LogP contribution in [0.3, 0.4) is 0 Å². The molecule has 9 heteroatoms. The van der Waals surface area contributed by atoms with Crippen LogP contribution in [0.1, 0.15) is 30.9 Å². The molecular weight excluding hydrogens is 523 g/mol. The molecule has 0 aromatic heterocycles. The maximum atomic E-state index is 13.8. The quantitative estimate of drug-likeness (QED) is 0.346. The Kier molecular flexibility index (Phi) is 7.32. The number of fused-ring (bicyclic) bond motifs is 1. The SMILES string of the molecule is CC(=O)Nc1ccc(NC(=O)N2CCCC(C3(Cc4cccc(Cl)c4)C(=O)Nc4cc(Cl)ccc43)C2)cc1. The highest BCUT2D eigenvalue weighted by molar-refractivity contribution is 6.31. The lowest BCUT2D eigenvalue weighted by atomic mass is 9.65. The van der Waals surface area contributed by atoms with E-state index in [0.29, 0.717) is 46.6 Å². The van der Waals surface area contributed by atoms with E-state index < -0.39 is 5.41 Å². The molecule has 2 aliphatic heterocycles. The van der Waals surface area contributed by atoms with Crippen LogP contribution in [0.25, 0.3) is 0 Å². The summed E-state index contributed by atoms with van der Waals surface area (Å²) in [6.07, 6.45) is 2.02. The first-order valence-electron chi connectivity index (χ1n) is 12.5. The Hall–Kier alpha value is -3.55. The van der Waals surface area contributed by atoms with Crippen molar-refractivity contribution in [1.82, 2.24) is 4.90 Å². The molecule has 2 heterocycles. The van der Waals surface area contributed by atoms with E-state index in [2.05, 4.69) is 16.0 Å². The Bertz CT molecular complexity index is 1390. The van der Waals surface area contributed by atoms with Crippen molar-refractivity contribution >= 4 is 58.1 Å². The van der Waals surface area contributed by atoms with Crippen LogP contribution in [0.4, 0.5) is 21.9 Å². The highest BCUT2D eigenvalue weighted by Gasteiger charge is 2.53. The summed E-state index contributed by atoms with van der Waals surface area (Å²) in [5.74, 6) is -0.367. The van der Waals surface area contributed by atoms with Gasteiger partial charge in [0.1, 0.15) is 0 Å². The molecule has 3 aromatic carbocycles. The summed E-state index contributed by atoms with van der Waals surface area (Å²) in [6.45, 7) is 2.46. The van der Waals surface area contributed by atoms with Gasteiger partial charge < -0.3 is 20.9 Å². The third kappa shape index (κ3) is 5.22. The van der Waals surface area contributed by atoms with Crippen LogP contribution in [0, 0.1) is 5.92 Å². The zero-order valence-corrected chi connectivity index (χ0v) is 22.4. The summed E-state index contributed by atoms with van der Waals surface area (Å²) in [5, 5.41) is 9.89. The van der Waals surface area contributed by atoms with Gasteiger partial charge in [0.25, 0.3) is 0 Å². The first-order chi connectivity index (χ1) is 18.2. The summed E-state index contributed by atoms with van der Waals surface area (Å²) in [6, 6.07) is 19.8. The van der Waals surface area contributed by atoms with Gasteiger partial charge in [-0.15, -0.1) is 0 Å². The summed E-state index contributed by atoms with van der Waals surface area (Å²) in [5.41, 5.74) is 2.97. The van der Waals surface area contributed by atoms with Crippen LogP contribution < -0.4 is 16.0 Å². The number of halogens is 2. The van der Waals surface area contributed by atoms with Crippen LogP contribution >= 0.6 is 23.2 Å². The molecule has 0 bridgehead atoms. The van der Waals surface area contributed by atoms with Gasteiger partial charge in [0.2, 0.25) is 11.8 Å². The van der Waals surface area contributed by atoms with Crippen molar-refractivity contribution in [3.8, 4) is 0 Å². The van der Waals surface area contributed by atoms with Crippen LogP contribution in [-0.2, 0) is 21.4 Å². The standard InChI is InChI=1S/C29H28Cl2N4O3/c1-18(36)32-23-8-10-24(11-9-23)33-28(38)35-13-3-5-20(17-35)29(16-19-4-2-6-21(30)14-19)25-12-7-22(31)15-26(25)34-27(29)37/h2,4,6-12,14-15,20H,3,5,13,16-17H2,1H3,(H,32,36)(H,33,38)(H,34,37). The third-order valence-corrected chi connectivity index (χ3v) is 7.82. The maximum absolute atomic E-state index is 13.8. The minimum Gasteiger partial charge on any atom is -0.326 e. The molecule has 1 fully saturated rings. The Morgan fingerprint density at radius 2 is 1.71 bits per heavy atom. The maximum Gasteiger partial charge on any atom is 0.321 e. The van der Waals surface area contributed by atoms with E-state index in [1.165, 1.54) is 6.92 Å². The van der Waals surface area contributed by atoms with E-state index in [1.54, 1.807) is 35.2 Å². The van der Waals surface area contributed by atoms with Gasteiger partial charge in [0.05, 0.1) is 5.41 Å². The number of amides is 4. The number of carbonyl (C=O) groups is 3. The number of carbonyl (C=O) groups excluding carboxylic acids is 3. The number of hydrogen-bond donors (Lipinski definition) is 3. The van der Waals surface area contributed by atoms with Crippen LogP contribution in [0.15, 0.2) is 66.7 Å². The van der Waals surface area contributed by atoms with Gasteiger partial charge in [0.15, 0.2) is 0 Å². The highest BCUT2D eigenvalue weighted by Crippen LogP contribution is 2.49. The first-order valence-corrected chi connectivity index (χ1v) is 13.3. The third-order valence-electron chi connectivity index (χ3n) is 7.35. The monoisotopic (exact) mass is 550 g/mol. The molecule has 3 aromatic rings. The number of nitrogens with one attached hydrogen (secondary N) is 3. The molecule has 2 aliphatic rings. The van der Waals surface area contributed by atoms with Gasteiger partial charge in [-0.1, -0.05) is 41.4 Å². The Morgan fingerprint density at radius 3 is 2.42 bits per heavy atom. The molecule has 2 unspecified atom stereocenters. The number of urea groups is 1. The lowest BCUT2D eigenvalue weighted by Gasteiger charge is -2.42. The fourth-order valence-corrected chi connectivity index (χ4v) is 6.05. The molecule has 0 radical (unpaired) electrons. The molecule has 2 atom stereocenters. The number of rotatable bonds is 5. The van der Waals surface area contributed by atoms with Crippen molar-refractivity contribution in [2.24, 2.45) is 5.92 Å². The molecule has 7 nitrogen and oxygen atoms in total. The zero-order chi connectivity index (χ0) is 26.9. The molecule has 0 spiro atoms. The second-order valence-corrected chi connectivity index (χ2v) is 10.8. The lowest BCUT2D eigenvalue weighted by molar-refractivity contribution is -0.123. The minimum absolute atomic E-state index is 0.0874. The molecule has 38 heavy (non-hydrogen) atoms. The van der Waals surface area contributed by atoms with Crippen molar-refractivity contribution < 1.29 is 14.4 Å². The summed E-state index contributed by atoms with van der Waals surface area (Å²) >= 11 is 12.6. The van der Waals surface area contributed by atoms with Gasteiger partial charge in [0, 0.05) is 47.1 Å². The summed E-state index contributed by atoms with van der Waals surface area (Å²) < 4.78 is 0. The van der Waals surface area contributed by atoms with Crippen molar-refractivity contribution in [1.29, 1.82) is 0 Å². The fraction of sp³-hybridized carbons (Fsp3) is 0.276. The molecule has 196 valence electrons. The largest absolute Gasteiger partial charge is 0.326 e. The molecule has 0 saturated carbocycles. The van der Waals surface area contributed by atoms with Gasteiger partial charge in [-0.25, -0.2) is 4.79 Å². The van der Waals surface area contributed by atoms with E-state index in [0.717, 1.165) is 24.0 Å². The van der Waals surface area contributed by atoms with Crippen LogP contribution in [-0.4, -0.2) is 35.8 Å². The average Bonchev–Trinajstić information content (AvgIpc) is 3.15. The number of piperidine rings is 1. The summed E-state index contributed by atoms with van der Waals surface area (Å²) in [7, 11) is 0. The van der Waals surface area contributed by atoms with Crippen molar-refractivity contribution in [3.05, 3.63) is 87.9 Å². The predicted molar refractivity (Wildman–Crippen MR) is 151 cm³/mol. The topological polar surface area (TPSA) is 90.5 Å². The van der Waals surface area contributed by atoms with Crippen LogP contribution in [0.2, 0.25) is 10.0 Å². The first kappa shape index (κ1) is 26.1. The van der Waals surface area contributed by atoms with E-state index >= 15 is 0 Å². The minimum atomic E-state index is -0.871. The van der Waals surface area contributed by atoms with Crippen molar-refractivity contribution in [2.45, 2.75) is 31.6 Å². The van der Waals surface area contributed by atoms with Crippen molar-refractivity contribution in [2.75, 3.05) is 29.0 Å². The average molecular weight is 551 g/mol. The summed E-state index contributed by atoms with van der Waals surface area (Å²) in [4.78, 5) is 40.1. The second kappa shape index (κ2) is 10.7. The number of benzene rings is 3. The molecule has 3 N–H and O–H groups in total. The van der Waals surface area contributed by atoms with E-state index in [-0.39, 0.29) is 23.8 Å². The highest BCUT2D eigenvalue weighted by atomic mass is 35.5. The normalized spacial score (nSPS) is 20.4. The van der Waals surface area contributed by atoms with E-state index in [1.807, 2.05) is 36.4 Å². The molecule has 4 amide bonds. The van der Waals surface area contributed by atoms with Gasteiger partial charge in [-0.2, -0.15) is 0 Å². The number of nitrogens with zero attached hydrogens (tertiary/aromatic N) is 1. The van der Waals surface area contributed by atoms with Gasteiger partial charge in [-0.05, 0) is 84.8 Å². The molecule has 5 rings (SSSR count). The second-order valence-electron chi connectivity index (χ2n) is 9.90. The number of likely N-dealkylation sites (tertiary alicyclic amines) is 1. The van der Waals surface area contributed by atoms with Crippen molar-refractivity contribution in [3.63, 3.8) is 0 Å².